The minimum atomic E-state index is -4.48. The second-order valence-corrected chi connectivity index (χ2v) is 7.84. The summed E-state index contributed by atoms with van der Waals surface area (Å²) >= 11 is 0.999. The molecule has 6 nitrogen and oxygen atoms in total. The molecule has 29 heavy (non-hydrogen) atoms. The van der Waals surface area contributed by atoms with Crippen LogP contribution < -0.4 is 21.7 Å². The van der Waals surface area contributed by atoms with E-state index >= 15 is 0 Å². The van der Waals surface area contributed by atoms with Crippen molar-refractivity contribution in [2.75, 3.05) is 18.4 Å². The van der Waals surface area contributed by atoms with Gasteiger partial charge in [-0.3, -0.25) is 10.1 Å². The first-order chi connectivity index (χ1) is 13.7. The molecule has 0 saturated carbocycles. The van der Waals surface area contributed by atoms with Gasteiger partial charge in [0.15, 0.2) is 0 Å². The van der Waals surface area contributed by atoms with E-state index in [2.05, 4.69) is 16.0 Å². The molecule has 1 saturated heterocycles. The summed E-state index contributed by atoms with van der Waals surface area (Å²) in [5, 5.41) is 8.76. The maximum atomic E-state index is 13.0. The first-order valence-electron chi connectivity index (χ1n) is 9.13. The molecule has 156 valence electrons. The van der Waals surface area contributed by atoms with E-state index < -0.39 is 23.7 Å². The van der Waals surface area contributed by atoms with Crippen LogP contribution in [0.5, 0.6) is 0 Å². The Balaban J connectivity index is 1.90. The zero-order valence-corrected chi connectivity index (χ0v) is 16.3. The quantitative estimate of drug-likeness (QED) is 0.599. The lowest BCUT2D eigenvalue weighted by Gasteiger charge is -2.16. The van der Waals surface area contributed by atoms with Crippen molar-refractivity contribution in [3.8, 4) is 10.4 Å². The average Bonchev–Trinajstić information content (AvgIpc) is 2.89. The summed E-state index contributed by atoms with van der Waals surface area (Å²) in [7, 11) is 0. The highest BCUT2D eigenvalue weighted by molar-refractivity contribution is 7.20. The Hall–Kier alpha value is -2.59. The molecule has 1 aromatic carbocycles. The largest absolute Gasteiger partial charge is 0.416 e. The first kappa shape index (κ1) is 21.1. The van der Waals surface area contributed by atoms with Crippen LogP contribution in [0.4, 0.5) is 23.0 Å². The molecule has 0 radical (unpaired) electrons. The van der Waals surface area contributed by atoms with E-state index in [1.165, 1.54) is 18.2 Å². The Morgan fingerprint density at radius 1 is 1.21 bits per heavy atom. The van der Waals surface area contributed by atoms with Crippen LogP contribution >= 0.6 is 11.3 Å². The van der Waals surface area contributed by atoms with E-state index in [0.717, 1.165) is 49.3 Å². The minimum Gasteiger partial charge on any atom is -0.351 e. The van der Waals surface area contributed by atoms with Gasteiger partial charge in [-0.25, -0.2) is 4.79 Å². The van der Waals surface area contributed by atoms with Crippen LogP contribution in [0.15, 0.2) is 30.3 Å². The maximum Gasteiger partial charge on any atom is 0.416 e. The molecule has 1 aliphatic heterocycles. The van der Waals surface area contributed by atoms with Crippen LogP contribution in [-0.2, 0) is 6.18 Å². The number of nitrogens with two attached hydrogens (primary N) is 1. The van der Waals surface area contributed by atoms with Crippen molar-refractivity contribution in [3.63, 3.8) is 0 Å². The SMILES string of the molecule is NC(=O)Nc1sc(-c2cccc(C(F)(F)F)c2)cc1C(=O)N[C@H]1CCCCNC1. The van der Waals surface area contributed by atoms with Crippen molar-refractivity contribution in [1.29, 1.82) is 0 Å². The van der Waals surface area contributed by atoms with Gasteiger partial charge in [0, 0.05) is 17.5 Å². The van der Waals surface area contributed by atoms with E-state index in [0.29, 0.717) is 17.0 Å². The Bertz CT molecular complexity index is 890. The van der Waals surface area contributed by atoms with Crippen molar-refractivity contribution < 1.29 is 22.8 Å². The number of benzene rings is 1. The van der Waals surface area contributed by atoms with Crippen LogP contribution in [0.1, 0.15) is 35.2 Å². The number of alkyl halides is 3. The predicted octanol–water partition coefficient (Wildman–Crippen LogP) is 3.80. The Kier molecular flexibility index (Phi) is 6.43. The fourth-order valence-electron chi connectivity index (χ4n) is 3.16. The van der Waals surface area contributed by atoms with Crippen molar-refractivity contribution in [3.05, 3.63) is 41.5 Å². The number of hydrogen-bond donors (Lipinski definition) is 4. The average molecular weight is 426 g/mol. The highest BCUT2D eigenvalue weighted by Crippen LogP contribution is 2.38. The number of hydrogen-bond acceptors (Lipinski definition) is 4. The fourth-order valence-corrected chi connectivity index (χ4v) is 4.22. The highest BCUT2D eigenvalue weighted by atomic mass is 32.1. The minimum absolute atomic E-state index is 0.0664. The monoisotopic (exact) mass is 426 g/mol. The third kappa shape index (κ3) is 5.48. The molecule has 3 rings (SSSR count). The molecule has 0 spiro atoms. The molecule has 0 unspecified atom stereocenters. The second-order valence-electron chi connectivity index (χ2n) is 6.79. The number of thiophene rings is 1. The summed E-state index contributed by atoms with van der Waals surface area (Å²) in [5.74, 6) is -0.406. The summed E-state index contributed by atoms with van der Waals surface area (Å²) in [6.45, 7) is 1.52. The van der Waals surface area contributed by atoms with E-state index in [1.807, 2.05) is 0 Å². The normalized spacial score (nSPS) is 17.4. The van der Waals surface area contributed by atoms with Gasteiger partial charge in [0.05, 0.1) is 11.1 Å². The van der Waals surface area contributed by atoms with Crippen LogP contribution in [0.2, 0.25) is 0 Å². The molecule has 1 fully saturated rings. The molecular formula is C19H21F3N4O2S. The molecule has 2 heterocycles. The lowest BCUT2D eigenvalue weighted by molar-refractivity contribution is -0.137. The standard InChI is InChI=1S/C19H21F3N4O2S/c20-19(21,22)12-5-3-4-11(8-12)15-9-14(17(29-15)26-18(23)28)16(27)25-13-6-1-2-7-24-10-13/h3-5,8-9,13,24H,1-2,6-7,10H2,(H,25,27)(H3,23,26,28)/t13-/m0/s1. The smallest absolute Gasteiger partial charge is 0.351 e. The summed E-state index contributed by atoms with van der Waals surface area (Å²) in [6, 6.07) is 5.37. The van der Waals surface area contributed by atoms with Crippen molar-refractivity contribution in [1.82, 2.24) is 10.6 Å². The lowest BCUT2D eigenvalue weighted by atomic mass is 10.1. The van der Waals surface area contributed by atoms with Gasteiger partial charge in [-0.2, -0.15) is 13.2 Å². The zero-order valence-electron chi connectivity index (χ0n) is 15.4. The lowest BCUT2D eigenvalue weighted by Crippen LogP contribution is -2.41. The van der Waals surface area contributed by atoms with E-state index in [1.54, 1.807) is 0 Å². The molecule has 1 aliphatic rings. The number of amides is 3. The van der Waals surface area contributed by atoms with E-state index in [4.69, 9.17) is 5.73 Å². The van der Waals surface area contributed by atoms with Crippen LogP contribution in [-0.4, -0.2) is 31.1 Å². The van der Waals surface area contributed by atoms with Gasteiger partial charge in [-0.15, -0.1) is 11.3 Å². The third-order valence-corrected chi connectivity index (χ3v) is 5.67. The number of carbonyl (C=O) groups excluding carboxylic acids is 2. The van der Waals surface area contributed by atoms with Crippen molar-refractivity contribution >= 4 is 28.3 Å². The number of urea groups is 1. The van der Waals surface area contributed by atoms with Crippen molar-refractivity contribution in [2.45, 2.75) is 31.5 Å². The Morgan fingerprint density at radius 2 is 2.00 bits per heavy atom. The number of rotatable bonds is 4. The summed E-state index contributed by atoms with van der Waals surface area (Å²) in [4.78, 5) is 24.6. The number of nitrogens with one attached hydrogen (secondary N) is 3. The van der Waals surface area contributed by atoms with Crippen molar-refractivity contribution in [2.24, 2.45) is 5.73 Å². The summed E-state index contributed by atoms with van der Waals surface area (Å²) in [6.07, 6.45) is -1.65. The first-order valence-corrected chi connectivity index (χ1v) is 9.95. The number of anilines is 1. The molecule has 10 heteroatoms. The number of primary amides is 1. The molecule has 1 aromatic heterocycles. The Labute approximate surface area is 169 Å². The highest BCUT2D eigenvalue weighted by Gasteiger charge is 2.31. The van der Waals surface area contributed by atoms with Crippen LogP contribution in [0.25, 0.3) is 10.4 Å². The maximum absolute atomic E-state index is 13.0. The molecule has 2 aromatic rings. The van der Waals surface area contributed by atoms with Gasteiger partial charge < -0.3 is 16.4 Å². The van der Waals surface area contributed by atoms with Gasteiger partial charge >= 0.3 is 12.2 Å². The van der Waals surface area contributed by atoms with Gasteiger partial charge in [0.1, 0.15) is 5.00 Å². The molecule has 3 amide bonds. The van der Waals surface area contributed by atoms with Gasteiger partial charge in [0.25, 0.3) is 5.91 Å². The van der Waals surface area contributed by atoms with E-state index in [-0.39, 0.29) is 16.6 Å². The predicted molar refractivity (Wildman–Crippen MR) is 106 cm³/mol. The van der Waals surface area contributed by atoms with E-state index in [9.17, 15) is 22.8 Å². The van der Waals surface area contributed by atoms with Gasteiger partial charge in [-0.1, -0.05) is 18.6 Å². The van der Waals surface area contributed by atoms with Crippen LogP contribution in [0.3, 0.4) is 0 Å². The molecular weight excluding hydrogens is 405 g/mol. The molecule has 0 bridgehead atoms. The Morgan fingerprint density at radius 3 is 2.72 bits per heavy atom. The molecule has 0 aliphatic carbocycles. The number of carbonyl (C=O) groups is 2. The fraction of sp³-hybridized carbons (Fsp3) is 0.368. The third-order valence-electron chi connectivity index (χ3n) is 4.57. The number of halogens is 3. The summed E-state index contributed by atoms with van der Waals surface area (Å²) < 4.78 is 39.1. The molecule has 5 N–H and O–H groups in total. The second kappa shape index (κ2) is 8.83. The van der Waals surface area contributed by atoms with Crippen LogP contribution in [0, 0.1) is 0 Å². The summed E-state index contributed by atoms with van der Waals surface area (Å²) in [5.41, 5.74) is 4.88. The topological polar surface area (TPSA) is 96.2 Å². The van der Waals surface area contributed by atoms with Gasteiger partial charge in [-0.05, 0) is 43.1 Å². The molecule has 1 atom stereocenters. The zero-order chi connectivity index (χ0) is 21.0. The van der Waals surface area contributed by atoms with Gasteiger partial charge in [0.2, 0.25) is 0 Å².